The third-order valence-corrected chi connectivity index (χ3v) is 4.04. The van der Waals surface area contributed by atoms with Gasteiger partial charge in [0, 0.05) is 10.6 Å². The molecule has 0 bridgehead atoms. The molecule has 7 heteroatoms. The van der Waals surface area contributed by atoms with Gasteiger partial charge in [-0.3, -0.25) is 20.4 Å². The average molecular weight is 363 g/mol. The fourth-order valence-electron chi connectivity index (χ4n) is 2.12. The molecule has 0 spiro atoms. The molecule has 0 saturated carbocycles. The van der Waals surface area contributed by atoms with Gasteiger partial charge in [0.1, 0.15) is 11.5 Å². The highest BCUT2D eigenvalue weighted by Gasteiger charge is 2.09. The minimum atomic E-state index is -0.480. The molecule has 2 rings (SSSR count). The van der Waals surface area contributed by atoms with Crippen LogP contribution in [0.5, 0.6) is 11.5 Å². The predicted molar refractivity (Wildman–Crippen MR) is 95.0 cm³/mol. The Morgan fingerprint density at radius 2 is 1.60 bits per heavy atom. The molecular weight excluding hydrogens is 344 g/mol. The van der Waals surface area contributed by atoms with Gasteiger partial charge in [-0.2, -0.15) is 0 Å². The zero-order valence-corrected chi connectivity index (χ0v) is 14.9. The van der Waals surface area contributed by atoms with E-state index in [1.54, 1.807) is 43.5 Å². The molecule has 0 atom stereocenters. The molecule has 0 fully saturated rings. The number of hydrogen-bond acceptors (Lipinski definition) is 4. The van der Waals surface area contributed by atoms with Crippen LogP contribution in [-0.2, 0) is 4.79 Å². The zero-order chi connectivity index (χ0) is 18.4. The van der Waals surface area contributed by atoms with Crippen molar-refractivity contribution in [2.45, 2.75) is 13.8 Å². The van der Waals surface area contributed by atoms with Gasteiger partial charge in [-0.25, -0.2) is 0 Å². The van der Waals surface area contributed by atoms with E-state index >= 15 is 0 Å². The molecule has 0 saturated heterocycles. The van der Waals surface area contributed by atoms with Crippen molar-refractivity contribution in [1.29, 1.82) is 0 Å². The van der Waals surface area contributed by atoms with Crippen LogP contribution < -0.4 is 20.3 Å². The monoisotopic (exact) mass is 362 g/mol. The van der Waals surface area contributed by atoms with E-state index < -0.39 is 11.8 Å². The summed E-state index contributed by atoms with van der Waals surface area (Å²) in [6.45, 7) is 3.48. The highest BCUT2D eigenvalue weighted by molar-refractivity contribution is 6.32. The molecule has 25 heavy (non-hydrogen) atoms. The van der Waals surface area contributed by atoms with Gasteiger partial charge in [0.15, 0.2) is 6.61 Å². The molecule has 2 amide bonds. The summed E-state index contributed by atoms with van der Waals surface area (Å²) in [6, 6.07) is 10.00. The first-order chi connectivity index (χ1) is 11.9. The molecule has 2 aromatic rings. The van der Waals surface area contributed by atoms with Crippen LogP contribution in [0.15, 0.2) is 36.4 Å². The van der Waals surface area contributed by atoms with Gasteiger partial charge < -0.3 is 9.47 Å². The highest BCUT2D eigenvalue weighted by atomic mass is 35.5. The number of methoxy groups -OCH3 is 1. The second-order valence-corrected chi connectivity index (χ2v) is 5.77. The summed E-state index contributed by atoms with van der Waals surface area (Å²) in [7, 11) is 1.54. The third kappa shape index (κ3) is 5.12. The van der Waals surface area contributed by atoms with Gasteiger partial charge in [-0.15, -0.1) is 0 Å². The fraction of sp³-hybridized carbons (Fsp3) is 0.222. The normalized spacial score (nSPS) is 10.1. The maximum atomic E-state index is 11.9. The van der Waals surface area contributed by atoms with E-state index in [-0.39, 0.29) is 6.61 Å². The van der Waals surface area contributed by atoms with Crippen molar-refractivity contribution >= 4 is 23.4 Å². The fourth-order valence-corrected chi connectivity index (χ4v) is 2.22. The maximum Gasteiger partial charge on any atom is 0.276 e. The van der Waals surface area contributed by atoms with Gasteiger partial charge >= 0.3 is 0 Å². The second kappa shape index (κ2) is 8.39. The van der Waals surface area contributed by atoms with Crippen molar-refractivity contribution in [2.24, 2.45) is 0 Å². The van der Waals surface area contributed by atoms with Crippen LogP contribution in [0.1, 0.15) is 21.5 Å². The number of hydrogen-bond donors (Lipinski definition) is 2. The van der Waals surface area contributed by atoms with Gasteiger partial charge in [0.2, 0.25) is 0 Å². The van der Waals surface area contributed by atoms with Crippen LogP contribution in [0.25, 0.3) is 0 Å². The summed E-state index contributed by atoms with van der Waals surface area (Å²) in [6.07, 6.45) is 0. The van der Waals surface area contributed by atoms with E-state index in [0.717, 1.165) is 11.1 Å². The van der Waals surface area contributed by atoms with Crippen molar-refractivity contribution in [1.82, 2.24) is 10.9 Å². The summed E-state index contributed by atoms with van der Waals surface area (Å²) >= 11 is 6.08. The Bertz CT molecular complexity index is 752. The van der Waals surface area contributed by atoms with E-state index in [9.17, 15) is 9.59 Å². The molecule has 2 aromatic carbocycles. The van der Waals surface area contributed by atoms with Crippen molar-refractivity contribution < 1.29 is 19.1 Å². The summed E-state index contributed by atoms with van der Waals surface area (Å²) in [4.78, 5) is 23.7. The van der Waals surface area contributed by atoms with Crippen molar-refractivity contribution in [3.8, 4) is 11.5 Å². The topological polar surface area (TPSA) is 76.7 Å². The van der Waals surface area contributed by atoms with Crippen LogP contribution >= 0.6 is 11.6 Å². The molecule has 2 N–H and O–H groups in total. The van der Waals surface area contributed by atoms with Crippen LogP contribution in [-0.4, -0.2) is 25.5 Å². The van der Waals surface area contributed by atoms with E-state index in [1.165, 1.54) is 0 Å². The van der Waals surface area contributed by atoms with Gasteiger partial charge in [-0.05, 0) is 61.4 Å². The lowest BCUT2D eigenvalue weighted by Gasteiger charge is -2.11. The molecule has 132 valence electrons. The molecule has 0 unspecified atom stereocenters. The summed E-state index contributed by atoms with van der Waals surface area (Å²) in [5.41, 5.74) is 6.75. The van der Waals surface area contributed by atoms with Crippen molar-refractivity contribution in [2.75, 3.05) is 13.7 Å². The Kier molecular flexibility index (Phi) is 6.25. The molecule has 0 aliphatic heterocycles. The SMILES string of the molecule is COc1ccc(C(=O)NNC(=O)COc2cc(C)c(Cl)c(C)c2)cc1. The van der Waals surface area contributed by atoms with Crippen LogP contribution in [0.4, 0.5) is 0 Å². The van der Waals surface area contributed by atoms with Gasteiger partial charge in [0.25, 0.3) is 11.8 Å². The average Bonchev–Trinajstić information content (AvgIpc) is 2.62. The number of amides is 2. The quantitative estimate of drug-likeness (QED) is 0.802. The lowest BCUT2D eigenvalue weighted by Crippen LogP contribution is -2.43. The lowest BCUT2D eigenvalue weighted by molar-refractivity contribution is -0.123. The van der Waals surface area contributed by atoms with Crippen LogP contribution in [0.2, 0.25) is 5.02 Å². The van der Waals surface area contributed by atoms with Crippen LogP contribution in [0, 0.1) is 13.8 Å². The number of hydrazine groups is 1. The summed E-state index contributed by atoms with van der Waals surface area (Å²) in [5, 5.41) is 0.670. The number of ether oxygens (including phenoxy) is 2. The molecule has 0 radical (unpaired) electrons. The summed E-state index contributed by atoms with van der Waals surface area (Å²) in [5.74, 6) is 0.264. The van der Waals surface area contributed by atoms with Crippen molar-refractivity contribution in [3.63, 3.8) is 0 Å². The first-order valence-corrected chi connectivity index (χ1v) is 7.91. The molecule has 0 aromatic heterocycles. The van der Waals surface area contributed by atoms with E-state index in [2.05, 4.69) is 10.9 Å². The summed E-state index contributed by atoms with van der Waals surface area (Å²) < 4.78 is 10.4. The Labute approximate surface area is 151 Å². The highest BCUT2D eigenvalue weighted by Crippen LogP contribution is 2.25. The van der Waals surface area contributed by atoms with Crippen LogP contribution in [0.3, 0.4) is 0 Å². The Balaban J connectivity index is 1.83. The van der Waals surface area contributed by atoms with E-state index in [4.69, 9.17) is 21.1 Å². The standard InChI is InChI=1S/C18H19ClN2O4/c1-11-8-15(9-12(2)17(11)19)25-10-16(22)20-21-18(23)13-4-6-14(24-3)7-5-13/h4-9H,10H2,1-3H3,(H,20,22)(H,21,23). The first-order valence-electron chi connectivity index (χ1n) is 7.53. The number of carbonyl (C=O) groups excluding carboxylic acids is 2. The number of halogens is 1. The Morgan fingerprint density at radius 1 is 1.00 bits per heavy atom. The van der Waals surface area contributed by atoms with Crippen molar-refractivity contribution in [3.05, 3.63) is 58.1 Å². The molecule has 0 heterocycles. The number of rotatable bonds is 5. The number of aryl methyl sites for hydroxylation is 2. The zero-order valence-electron chi connectivity index (χ0n) is 14.2. The largest absolute Gasteiger partial charge is 0.497 e. The first kappa shape index (κ1) is 18.6. The van der Waals surface area contributed by atoms with E-state index in [0.29, 0.717) is 22.1 Å². The molecule has 0 aliphatic rings. The van der Waals surface area contributed by atoms with Gasteiger partial charge in [0.05, 0.1) is 7.11 Å². The number of nitrogens with one attached hydrogen (secondary N) is 2. The minimum absolute atomic E-state index is 0.233. The number of benzene rings is 2. The maximum absolute atomic E-state index is 11.9. The minimum Gasteiger partial charge on any atom is -0.497 e. The smallest absolute Gasteiger partial charge is 0.276 e. The molecular formula is C18H19ClN2O4. The molecule has 6 nitrogen and oxygen atoms in total. The molecule has 0 aliphatic carbocycles. The Hall–Kier alpha value is -2.73. The third-order valence-electron chi connectivity index (χ3n) is 3.45. The Morgan fingerprint density at radius 3 is 2.16 bits per heavy atom. The second-order valence-electron chi connectivity index (χ2n) is 5.39. The lowest BCUT2D eigenvalue weighted by atomic mass is 10.1. The number of carbonyl (C=O) groups is 2. The van der Waals surface area contributed by atoms with Gasteiger partial charge in [-0.1, -0.05) is 11.6 Å². The van der Waals surface area contributed by atoms with E-state index in [1.807, 2.05) is 13.8 Å². The predicted octanol–water partition coefficient (Wildman–Crippen LogP) is 2.81.